The lowest BCUT2D eigenvalue weighted by molar-refractivity contribution is 0.1000. The van der Waals surface area contributed by atoms with Crippen LogP contribution >= 0.6 is 22.7 Å². The zero-order chi connectivity index (χ0) is 100.0. The molecule has 0 atom stereocenters. The molecule has 12 heterocycles. The molecule has 3 aliphatic rings. The van der Waals surface area contributed by atoms with Gasteiger partial charge in [0, 0.05) is 175 Å². The number of hydrogen-bond donors (Lipinski definition) is 10. The molecule has 12 aromatic heterocycles. The lowest BCUT2D eigenvalue weighted by Crippen LogP contribution is -2.10. The van der Waals surface area contributed by atoms with Crippen LogP contribution in [0.3, 0.4) is 0 Å². The van der Waals surface area contributed by atoms with Gasteiger partial charge in [0.2, 0.25) is 0 Å². The van der Waals surface area contributed by atoms with E-state index in [-0.39, 0.29) is 76.0 Å². The third kappa shape index (κ3) is 27.1. The molecular weight excluding hydrogens is 1870 g/mol. The predicted octanol–water partition coefficient (Wildman–Crippen LogP) is 21.3. The summed E-state index contributed by atoms with van der Waals surface area (Å²) in [6, 6.07) is 39.9. The Morgan fingerprint density at radius 2 is 0.657 bits per heavy atom. The number of rotatable bonds is 37. The summed E-state index contributed by atoms with van der Waals surface area (Å²) in [5, 5.41) is 100. The average Bonchev–Trinajstić information content (AvgIpc) is 1.70. The van der Waals surface area contributed by atoms with E-state index < -0.39 is 23.3 Å². The zero-order valence-corrected chi connectivity index (χ0v) is 80.8. The van der Waals surface area contributed by atoms with Gasteiger partial charge in [-0.3, -0.25) is 47.4 Å². The number of benzene rings is 5. The van der Waals surface area contributed by atoms with Gasteiger partial charge in [0.15, 0.2) is 110 Å². The van der Waals surface area contributed by atoms with Crippen molar-refractivity contribution in [2.75, 3.05) is 53.2 Å². The van der Waals surface area contributed by atoms with E-state index >= 15 is 0 Å². The molecule has 0 spiro atoms. The van der Waals surface area contributed by atoms with Crippen molar-refractivity contribution in [2.45, 2.75) is 165 Å². The number of ketones is 5. The molecule has 0 unspecified atom stereocenters. The Morgan fingerprint density at radius 3 is 1.00 bits per heavy atom. The van der Waals surface area contributed by atoms with Crippen molar-refractivity contribution in [3.8, 4) is 0 Å². The van der Waals surface area contributed by atoms with Gasteiger partial charge in [0.25, 0.3) is 0 Å². The standard InChI is InChI=1S/C22H22N6OS.C21H22F2N6O.C20H20F2N6O.C20H20N6OS.C18H19FN6O/c1-14(29)21-19(23-10-17-4-2-3-16-7-8-30-22(16)17)9-20(26-27-21)25-18-11-24-28(13-18)12-15-5-6-15;1-13(30)21-18(24-10-14-5-4-8-17(22)20(14)23)9-19(27-28-21)26-15-11-25-29(12-15)16-6-2-3-7-16;1-12(29)20-17(23-8-14-3-2-4-16(21)19(14)22)7-18(26-27-20)25-15-9-24-28(11-15)10-13-5-6-13;1-3-26-12-16(11-22-26)23-18-9-17(19(13(2)27)25-24-18)21-10-15-6-4-5-14-7-8-28-20(14)15;1-3-25-11-15(10-21-25)22-17-8-16(18(12(2)26)24-23-17)20-9-13-5-4-6-14(19)7-13/h2-4,7-9,11,13,15H,5-6,10,12H2,1H3,(H2,23,25,26);4-5,8-9,11-12,16H,2-3,6-7,10H2,1H3,(H2,24,26,27);2-4,7,9,11,13H,5-6,8,10H2,1H3,(H2,23,25,26);4-9,11-12H,3,10H2,1-2H3,(H2,21,23,24);4-8,10-11H,3,9H2,1-2H3,(H2,20,22,23). The first-order valence-corrected chi connectivity index (χ1v) is 48.2. The summed E-state index contributed by atoms with van der Waals surface area (Å²) >= 11 is 3.43. The van der Waals surface area contributed by atoms with Crippen LogP contribution in [0.1, 0.15) is 186 Å². The van der Waals surface area contributed by atoms with Gasteiger partial charge >= 0.3 is 0 Å². The lowest BCUT2D eigenvalue weighted by Gasteiger charge is -2.12. The number of Topliss-reactive ketones (excluding diaryl/α,β-unsaturated/α-hetero) is 5. The van der Waals surface area contributed by atoms with Crippen LogP contribution in [0.15, 0.2) is 212 Å². The summed E-state index contributed by atoms with van der Waals surface area (Å²) in [6.07, 6.45) is 27.9. The molecule has 3 aliphatic carbocycles. The topological polar surface area (TPSA) is 424 Å². The third-order valence-corrected chi connectivity index (χ3v) is 25.2. The number of nitrogens with one attached hydrogen (secondary N) is 10. The van der Waals surface area contributed by atoms with Crippen molar-refractivity contribution in [3.05, 3.63) is 298 Å². The second kappa shape index (κ2) is 47.0. The fourth-order valence-corrected chi connectivity index (χ4v) is 17.3. The summed E-state index contributed by atoms with van der Waals surface area (Å²) in [5.41, 5.74) is 11.1. The van der Waals surface area contributed by atoms with E-state index in [9.17, 15) is 45.9 Å². The number of aromatic nitrogens is 20. The molecule has 0 bridgehead atoms. The molecule has 0 saturated heterocycles. The number of carbonyl (C=O) groups excluding carboxylic acids is 5. The molecule has 0 aliphatic heterocycles. The largest absolute Gasteiger partial charge is 0.379 e. The zero-order valence-electron chi connectivity index (χ0n) is 79.2. The van der Waals surface area contributed by atoms with Gasteiger partial charge in [-0.2, -0.15) is 25.5 Å². The van der Waals surface area contributed by atoms with Crippen LogP contribution < -0.4 is 53.2 Å². The number of halogens is 5. The first-order valence-electron chi connectivity index (χ1n) is 46.5. The van der Waals surface area contributed by atoms with Gasteiger partial charge in [0.05, 0.1) is 93.9 Å². The Kier molecular flexibility index (Phi) is 32.7. The molecule has 3 fully saturated rings. The highest BCUT2D eigenvalue weighted by molar-refractivity contribution is 7.17. The van der Waals surface area contributed by atoms with Crippen LogP contribution in [-0.2, 0) is 58.9 Å². The van der Waals surface area contributed by atoms with Crippen molar-refractivity contribution < 1.29 is 45.9 Å². The SMILES string of the molecule is CC(=O)c1nnc(Nc2cnn(C3CCCC3)c2)cc1NCc1cccc(F)c1F.CC(=O)c1nnc(Nc2cnn(CC3CC3)c2)cc1NCc1cccc(F)c1F.CC(=O)c1nnc(Nc2cnn(CC3CC3)c2)cc1NCc1cccc2ccsc12.CCn1cc(Nc2cc(NCc3cccc(F)c3)c(C(C)=O)nn2)cn1.CCn1cc(Nc2cc(NCc3cccc4ccsc34)c(C(C)=O)nn2)cn1. The summed E-state index contributed by atoms with van der Waals surface area (Å²) in [6.45, 7) is 16.1. The second-order valence-electron chi connectivity index (χ2n) is 34.3. The van der Waals surface area contributed by atoms with E-state index in [0.29, 0.717) is 101 Å². The van der Waals surface area contributed by atoms with E-state index in [4.69, 9.17) is 0 Å². The summed E-state index contributed by atoms with van der Waals surface area (Å²) in [7, 11) is 0. The number of fused-ring (bicyclic) bond motifs is 2. The lowest BCUT2D eigenvalue weighted by atomic mass is 10.1. The van der Waals surface area contributed by atoms with Gasteiger partial charge in [-0.1, -0.05) is 85.6 Å². The predicted molar refractivity (Wildman–Crippen MR) is 541 cm³/mol. The molecule has 35 nitrogen and oxygen atoms in total. The van der Waals surface area contributed by atoms with Crippen LogP contribution in [0.2, 0.25) is 0 Å². The minimum absolute atomic E-state index is 0.00534. The molecule has 143 heavy (non-hydrogen) atoms. The summed E-state index contributed by atoms with van der Waals surface area (Å²) < 4.78 is 79.9. The highest BCUT2D eigenvalue weighted by Gasteiger charge is 2.26. The molecule has 0 amide bonds. The smallest absolute Gasteiger partial charge is 0.182 e. The number of thiophene rings is 2. The molecule has 0 radical (unpaired) electrons. The first kappa shape index (κ1) is 99.5. The van der Waals surface area contributed by atoms with E-state index in [0.717, 1.165) is 91.1 Å². The maximum atomic E-state index is 13.9. The maximum absolute atomic E-state index is 13.9. The van der Waals surface area contributed by atoms with Crippen molar-refractivity contribution in [1.82, 2.24) is 99.9 Å². The Hall–Kier alpha value is -16.5. The van der Waals surface area contributed by atoms with Gasteiger partial charge in [-0.05, 0) is 139 Å². The van der Waals surface area contributed by atoms with E-state index in [1.54, 1.807) is 88.7 Å². The van der Waals surface area contributed by atoms with Crippen LogP contribution in [0.4, 0.5) is 108 Å². The van der Waals surface area contributed by atoms with Crippen molar-refractivity contribution in [3.63, 3.8) is 0 Å². The number of anilines is 15. The summed E-state index contributed by atoms with van der Waals surface area (Å²) in [5.74, 6) is -1.14. The molecule has 734 valence electrons. The van der Waals surface area contributed by atoms with Crippen LogP contribution in [0.25, 0.3) is 20.2 Å². The molecule has 5 aromatic carbocycles. The molecule has 20 rings (SSSR count). The van der Waals surface area contributed by atoms with Gasteiger partial charge in [-0.15, -0.1) is 73.7 Å². The molecule has 3 saturated carbocycles. The van der Waals surface area contributed by atoms with Crippen molar-refractivity contribution >= 4 is 158 Å². The number of nitrogens with zero attached hydrogens (tertiary/aromatic N) is 20. The third-order valence-electron chi connectivity index (χ3n) is 23.2. The fourth-order valence-electron chi connectivity index (χ4n) is 15.5. The Bertz CT molecular complexity index is 7370. The average molecular weight is 1980 g/mol. The quantitative estimate of drug-likeness (QED) is 0.0128. The molecular formula is C101H103F5N30O5S2. The van der Waals surface area contributed by atoms with E-state index in [1.165, 1.54) is 141 Å². The highest BCUT2D eigenvalue weighted by atomic mass is 32.1. The van der Waals surface area contributed by atoms with Crippen LogP contribution in [0, 0.1) is 40.9 Å². The molecule has 42 heteroatoms. The number of aryl methyl sites for hydroxylation is 2. The van der Waals surface area contributed by atoms with Gasteiger partial charge in [-0.25, -0.2) is 22.0 Å². The summed E-state index contributed by atoms with van der Waals surface area (Å²) in [4.78, 5) is 59.6. The second-order valence-corrected chi connectivity index (χ2v) is 36.1. The molecule has 17 aromatic rings. The van der Waals surface area contributed by atoms with Crippen LogP contribution in [-0.4, -0.2) is 129 Å². The van der Waals surface area contributed by atoms with E-state index in [1.807, 2.05) is 81.8 Å². The Morgan fingerprint density at radius 1 is 0.343 bits per heavy atom. The van der Waals surface area contributed by atoms with Crippen LogP contribution in [0.5, 0.6) is 0 Å². The minimum atomic E-state index is -0.923. The van der Waals surface area contributed by atoms with Gasteiger partial charge in [0.1, 0.15) is 5.82 Å². The van der Waals surface area contributed by atoms with Crippen molar-refractivity contribution in [1.29, 1.82) is 0 Å². The fraction of sp³-hybridized carbons (Fsp3) is 0.267. The molecule has 10 N–H and O–H groups in total. The first-order chi connectivity index (χ1) is 69.3. The monoisotopic (exact) mass is 1970 g/mol. The van der Waals surface area contributed by atoms with E-state index in [2.05, 4.69) is 183 Å². The van der Waals surface area contributed by atoms with Gasteiger partial charge < -0.3 is 53.2 Å². The Balaban J connectivity index is 0.000000128. The number of hydrogen-bond acceptors (Lipinski definition) is 32. The number of carbonyl (C=O) groups is 5. The minimum Gasteiger partial charge on any atom is -0.379 e. The highest BCUT2D eigenvalue weighted by Crippen LogP contribution is 2.36. The van der Waals surface area contributed by atoms with Crippen molar-refractivity contribution in [2.24, 2.45) is 11.8 Å². The normalized spacial score (nSPS) is 12.6. The Labute approximate surface area is 826 Å². The maximum Gasteiger partial charge on any atom is 0.182 e.